The molecule has 0 fully saturated rings. The Morgan fingerprint density at radius 2 is 1.73 bits per heavy atom. The molecule has 37 heavy (non-hydrogen) atoms. The summed E-state index contributed by atoms with van der Waals surface area (Å²) in [6.07, 6.45) is 0.918. The Balaban J connectivity index is 1.61. The van der Waals surface area contributed by atoms with Crippen molar-refractivity contribution in [3.8, 4) is 0 Å². The fourth-order valence-corrected chi connectivity index (χ4v) is 4.93. The van der Waals surface area contributed by atoms with E-state index in [1.807, 2.05) is 39.0 Å². The van der Waals surface area contributed by atoms with Crippen LogP contribution in [0.4, 0.5) is 5.69 Å². The van der Waals surface area contributed by atoms with Crippen LogP contribution < -0.4 is 10.6 Å². The summed E-state index contributed by atoms with van der Waals surface area (Å²) < 4.78 is 12.1. The first-order valence-electron chi connectivity index (χ1n) is 12.7. The van der Waals surface area contributed by atoms with Gasteiger partial charge < -0.3 is 25.1 Å². The van der Waals surface area contributed by atoms with Crippen molar-refractivity contribution in [1.82, 2.24) is 10.3 Å². The van der Waals surface area contributed by atoms with Crippen molar-refractivity contribution >= 4 is 34.4 Å². The molecule has 0 saturated carbocycles. The number of amides is 1. The highest BCUT2D eigenvalue weighted by atomic mass is 16.7. The zero-order valence-electron chi connectivity index (χ0n) is 21.9. The summed E-state index contributed by atoms with van der Waals surface area (Å²) in [6.45, 7) is 10.6. The Kier molecular flexibility index (Phi) is 6.10. The Bertz CT molecular complexity index is 1360. The number of rotatable bonds is 4. The van der Waals surface area contributed by atoms with Crippen molar-refractivity contribution in [3.05, 3.63) is 64.8 Å². The van der Waals surface area contributed by atoms with Crippen LogP contribution in [0.25, 0.3) is 10.9 Å². The predicted octanol–water partition coefficient (Wildman–Crippen LogP) is 4.89. The first kappa shape index (κ1) is 25.0. The SMILES string of the molecule is CC(C)CNC1Cc2c([nH]c3ccc(NC(=O)C(C)(C)C)cc23)C2(C1)OC(=O)c1ccccc1C(=O)O2. The van der Waals surface area contributed by atoms with Crippen LogP contribution in [-0.4, -0.2) is 35.4 Å². The molecule has 1 unspecified atom stereocenters. The first-order valence-corrected chi connectivity index (χ1v) is 12.7. The standard InChI is InChI=1S/C29H33N3O5/c1-16(2)15-30-18-13-22-21-12-17(31-27(35)28(3,4)5)10-11-23(21)32-24(22)29(14-18)36-25(33)19-8-6-7-9-20(19)26(34)37-29/h6-12,16,18,30,32H,13-15H2,1-5H3,(H,31,35). The van der Waals surface area contributed by atoms with Crippen LogP contribution >= 0.6 is 0 Å². The van der Waals surface area contributed by atoms with Gasteiger partial charge >= 0.3 is 17.7 Å². The summed E-state index contributed by atoms with van der Waals surface area (Å²) in [4.78, 5) is 42.5. The van der Waals surface area contributed by atoms with E-state index in [0.717, 1.165) is 23.0 Å². The highest BCUT2D eigenvalue weighted by Crippen LogP contribution is 2.45. The molecule has 0 bridgehead atoms. The van der Waals surface area contributed by atoms with E-state index >= 15 is 0 Å². The molecule has 1 aliphatic heterocycles. The quantitative estimate of drug-likeness (QED) is 0.437. The molecule has 8 heteroatoms. The monoisotopic (exact) mass is 503 g/mol. The van der Waals surface area contributed by atoms with Crippen molar-refractivity contribution in [2.45, 2.75) is 59.3 Å². The van der Waals surface area contributed by atoms with Crippen molar-refractivity contribution in [3.63, 3.8) is 0 Å². The van der Waals surface area contributed by atoms with Gasteiger partial charge in [0.25, 0.3) is 0 Å². The number of benzene rings is 2. The number of H-pyrrole nitrogens is 1. The van der Waals surface area contributed by atoms with Crippen LogP contribution in [-0.2, 0) is 26.5 Å². The number of anilines is 1. The molecule has 1 spiro atoms. The maximum Gasteiger partial charge on any atom is 0.342 e. The molecule has 0 radical (unpaired) electrons. The number of aromatic amines is 1. The van der Waals surface area contributed by atoms with Gasteiger partial charge in [0, 0.05) is 34.5 Å². The molecule has 3 aromatic rings. The van der Waals surface area contributed by atoms with Crippen molar-refractivity contribution in [1.29, 1.82) is 0 Å². The van der Waals surface area contributed by atoms with Gasteiger partial charge in [-0.3, -0.25) is 4.79 Å². The molecule has 8 nitrogen and oxygen atoms in total. The van der Waals surface area contributed by atoms with Crippen LogP contribution in [0.3, 0.4) is 0 Å². The average Bonchev–Trinajstić information content (AvgIpc) is 3.16. The summed E-state index contributed by atoms with van der Waals surface area (Å²) in [5.74, 6) is -2.50. The number of esters is 2. The third-order valence-electron chi connectivity index (χ3n) is 6.89. The van der Waals surface area contributed by atoms with E-state index in [2.05, 4.69) is 29.5 Å². The molecule has 1 amide bonds. The molecule has 194 valence electrons. The minimum Gasteiger partial charge on any atom is -0.413 e. The maximum absolute atomic E-state index is 13.3. The molecule has 1 aliphatic carbocycles. The van der Waals surface area contributed by atoms with Gasteiger partial charge in [0.2, 0.25) is 5.91 Å². The largest absolute Gasteiger partial charge is 0.413 e. The second-order valence-corrected chi connectivity index (χ2v) is 11.4. The molecule has 2 heterocycles. The highest BCUT2D eigenvalue weighted by molar-refractivity contribution is 6.04. The number of aromatic nitrogens is 1. The van der Waals surface area contributed by atoms with Gasteiger partial charge in [-0.05, 0) is 54.8 Å². The second kappa shape index (κ2) is 9.03. The Morgan fingerprint density at radius 3 is 2.32 bits per heavy atom. The van der Waals surface area contributed by atoms with Crippen LogP contribution in [0.5, 0.6) is 0 Å². The van der Waals surface area contributed by atoms with Gasteiger partial charge in [0.15, 0.2) is 0 Å². The minimum atomic E-state index is -1.61. The van der Waals surface area contributed by atoms with Gasteiger partial charge in [0.05, 0.1) is 11.1 Å². The number of hydrogen-bond acceptors (Lipinski definition) is 6. The van der Waals surface area contributed by atoms with Crippen molar-refractivity contribution < 1.29 is 23.9 Å². The van der Waals surface area contributed by atoms with Crippen molar-refractivity contribution in [2.24, 2.45) is 11.3 Å². The first-order chi connectivity index (χ1) is 17.5. The highest BCUT2D eigenvalue weighted by Gasteiger charge is 2.51. The van der Waals surface area contributed by atoms with Gasteiger partial charge in [-0.1, -0.05) is 46.8 Å². The third kappa shape index (κ3) is 4.62. The minimum absolute atomic E-state index is 0.0893. The molecule has 1 atom stereocenters. The molecule has 2 aliphatic rings. The lowest BCUT2D eigenvalue weighted by atomic mass is 9.86. The van der Waals surface area contributed by atoms with E-state index in [1.54, 1.807) is 24.3 Å². The Labute approximate surface area is 216 Å². The average molecular weight is 504 g/mol. The number of carbonyl (C=O) groups is 3. The molecule has 5 rings (SSSR count). The number of carbonyl (C=O) groups excluding carboxylic acids is 3. The smallest absolute Gasteiger partial charge is 0.342 e. The van der Waals surface area contributed by atoms with Crippen molar-refractivity contribution in [2.75, 3.05) is 11.9 Å². The number of nitrogens with one attached hydrogen (secondary N) is 3. The number of ether oxygens (including phenoxy) is 2. The summed E-state index contributed by atoms with van der Waals surface area (Å²) in [6, 6.07) is 12.1. The zero-order chi connectivity index (χ0) is 26.5. The molecular weight excluding hydrogens is 470 g/mol. The lowest BCUT2D eigenvalue weighted by molar-refractivity contribution is -0.188. The van der Waals surface area contributed by atoms with Crippen LogP contribution in [0, 0.1) is 11.3 Å². The topological polar surface area (TPSA) is 110 Å². The predicted molar refractivity (Wildman–Crippen MR) is 140 cm³/mol. The molecular formula is C29H33N3O5. The van der Waals surface area contributed by atoms with Gasteiger partial charge in [-0.2, -0.15) is 0 Å². The summed E-state index contributed by atoms with van der Waals surface area (Å²) >= 11 is 0. The van der Waals surface area contributed by atoms with Crippen LogP contribution in [0.2, 0.25) is 0 Å². The summed E-state index contributed by atoms with van der Waals surface area (Å²) in [7, 11) is 0. The lowest BCUT2D eigenvalue weighted by Gasteiger charge is -2.38. The fraction of sp³-hybridized carbons (Fsp3) is 0.414. The normalized spacial score (nSPS) is 18.7. The van der Waals surface area contributed by atoms with Crippen LogP contribution in [0.1, 0.15) is 73.0 Å². The molecule has 0 saturated heterocycles. The number of hydrogen-bond donors (Lipinski definition) is 3. The third-order valence-corrected chi connectivity index (χ3v) is 6.89. The zero-order valence-corrected chi connectivity index (χ0v) is 21.9. The van der Waals surface area contributed by atoms with E-state index in [-0.39, 0.29) is 29.5 Å². The summed E-state index contributed by atoms with van der Waals surface area (Å²) in [5, 5.41) is 7.43. The molecule has 1 aromatic heterocycles. The van der Waals surface area contributed by atoms with E-state index in [1.165, 1.54) is 0 Å². The fourth-order valence-electron chi connectivity index (χ4n) is 4.93. The summed E-state index contributed by atoms with van der Waals surface area (Å²) in [5.41, 5.74) is 2.75. The maximum atomic E-state index is 13.3. The Morgan fingerprint density at radius 1 is 1.08 bits per heavy atom. The van der Waals surface area contributed by atoms with Gasteiger partial charge in [-0.25, -0.2) is 9.59 Å². The molecule has 3 N–H and O–H groups in total. The van der Waals surface area contributed by atoms with Gasteiger partial charge in [-0.15, -0.1) is 0 Å². The van der Waals surface area contributed by atoms with E-state index < -0.39 is 23.1 Å². The second-order valence-electron chi connectivity index (χ2n) is 11.4. The molecule has 2 aromatic carbocycles. The van der Waals surface area contributed by atoms with E-state index in [4.69, 9.17) is 9.47 Å². The van der Waals surface area contributed by atoms with Crippen LogP contribution in [0.15, 0.2) is 42.5 Å². The van der Waals surface area contributed by atoms with E-state index in [0.29, 0.717) is 23.7 Å². The lowest BCUT2D eigenvalue weighted by Crippen LogP contribution is -2.48. The Hall–Kier alpha value is -3.65. The van der Waals surface area contributed by atoms with E-state index in [9.17, 15) is 14.4 Å². The number of fused-ring (bicyclic) bond motifs is 5. The van der Waals surface area contributed by atoms with Gasteiger partial charge in [0.1, 0.15) is 5.69 Å².